The second kappa shape index (κ2) is 10.6. The molecule has 3 aliphatic heterocycles. The van der Waals surface area contributed by atoms with Gasteiger partial charge in [0.25, 0.3) is 0 Å². The zero-order valence-electron chi connectivity index (χ0n) is 23.1. The van der Waals surface area contributed by atoms with Crippen LogP contribution in [0.2, 0.25) is 0 Å². The molecule has 11 heteroatoms. The lowest BCUT2D eigenvalue weighted by Crippen LogP contribution is -2.49. The van der Waals surface area contributed by atoms with E-state index in [0.29, 0.717) is 31.3 Å². The van der Waals surface area contributed by atoms with Gasteiger partial charge in [-0.3, -0.25) is 0 Å². The molecular formula is C28H36N8O3. The lowest BCUT2D eigenvalue weighted by Gasteiger charge is -2.37. The van der Waals surface area contributed by atoms with Crippen molar-refractivity contribution in [1.29, 1.82) is 5.26 Å². The first-order chi connectivity index (χ1) is 18.6. The molecule has 0 unspecified atom stereocenters. The molecule has 3 amide bonds. The summed E-state index contributed by atoms with van der Waals surface area (Å²) in [6.45, 7) is 9.63. The minimum Gasteiger partial charge on any atom is -0.444 e. The Labute approximate surface area is 229 Å². The number of nitrogens with one attached hydrogen (secondary N) is 1. The van der Waals surface area contributed by atoms with Crippen molar-refractivity contribution in [3.05, 3.63) is 41.2 Å². The van der Waals surface area contributed by atoms with Gasteiger partial charge in [0.1, 0.15) is 17.5 Å². The van der Waals surface area contributed by atoms with Crippen LogP contribution < -0.4 is 10.2 Å². The van der Waals surface area contributed by atoms with Crippen molar-refractivity contribution < 1.29 is 14.3 Å². The predicted molar refractivity (Wildman–Crippen MR) is 147 cm³/mol. The molecule has 1 aromatic carbocycles. The lowest BCUT2D eigenvalue weighted by molar-refractivity contribution is 0.0224. The molecule has 0 bridgehead atoms. The van der Waals surface area contributed by atoms with E-state index < -0.39 is 5.60 Å². The van der Waals surface area contributed by atoms with E-state index in [0.717, 1.165) is 50.1 Å². The Bertz CT molecular complexity index is 1300. The Hall–Kier alpha value is -4.07. The summed E-state index contributed by atoms with van der Waals surface area (Å²) in [7, 11) is 1.84. The van der Waals surface area contributed by atoms with Crippen molar-refractivity contribution in [3.63, 3.8) is 0 Å². The van der Waals surface area contributed by atoms with Crippen LogP contribution in [0.1, 0.15) is 50.4 Å². The number of hydrogen-bond donors (Lipinski definition) is 1. The SMILES string of the molecule is CN1CCN([C@@H]2CCCN(c3cnc(C#N)c(Nc4ccc5c(c4)CN(C(=O)OC(C)(C)C)CC5)n3)C2)C1=O. The average molecular weight is 533 g/mol. The Morgan fingerprint density at radius 3 is 2.72 bits per heavy atom. The molecule has 1 aromatic heterocycles. The number of nitrogens with zero attached hydrogens (tertiary/aromatic N) is 7. The molecule has 5 rings (SSSR count). The Morgan fingerprint density at radius 2 is 2.00 bits per heavy atom. The number of carbonyl (C=O) groups excluding carboxylic acids is 2. The zero-order chi connectivity index (χ0) is 27.7. The number of anilines is 3. The van der Waals surface area contributed by atoms with Crippen molar-refractivity contribution in [2.24, 2.45) is 0 Å². The molecule has 11 nitrogen and oxygen atoms in total. The molecule has 0 spiro atoms. The fourth-order valence-electron chi connectivity index (χ4n) is 5.38. The molecule has 39 heavy (non-hydrogen) atoms. The van der Waals surface area contributed by atoms with Gasteiger partial charge in [0.05, 0.1) is 12.2 Å². The van der Waals surface area contributed by atoms with Crippen LogP contribution in [0.15, 0.2) is 24.4 Å². The summed E-state index contributed by atoms with van der Waals surface area (Å²) in [5.74, 6) is 1.06. The van der Waals surface area contributed by atoms with Crippen LogP contribution in [-0.2, 0) is 17.7 Å². The van der Waals surface area contributed by atoms with Crippen LogP contribution in [0.3, 0.4) is 0 Å². The minimum atomic E-state index is -0.549. The molecule has 2 saturated heterocycles. The first-order valence-electron chi connectivity index (χ1n) is 13.5. The molecule has 1 atom stereocenters. The van der Waals surface area contributed by atoms with E-state index in [1.165, 1.54) is 5.56 Å². The van der Waals surface area contributed by atoms with Gasteiger partial charge in [-0.2, -0.15) is 5.26 Å². The van der Waals surface area contributed by atoms with Crippen LogP contribution in [0.5, 0.6) is 0 Å². The van der Waals surface area contributed by atoms with E-state index in [-0.39, 0.29) is 23.9 Å². The smallest absolute Gasteiger partial charge is 0.410 e. The molecule has 2 fully saturated rings. The Kier molecular flexibility index (Phi) is 7.21. The normalized spacial score (nSPS) is 19.6. The summed E-state index contributed by atoms with van der Waals surface area (Å²) in [5.41, 5.74) is 2.63. The highest BCUT2D eigenvalue weighted by atomic mass is 16.6. The number of urea groups is 1. The summed E-state index contributed by atoms with van der Waals surface area (Å²) in [5, 5.41) is 13.0. The molecule has 0 saturated carbocycles. The summed E-state index contributed by atoms with van der Waals surface area (Å²) < 4.78 is 5.56. The summed E-state index contributed by atoms with van der Waals surface area (Å²) in [6, 6.07) is 8.34. The molecule has 3 aliphatic rings. The largest absolute Gasteiger partial charge is 0.444 e. The van der Waals surface area contributed by atoms with Gasteiger partial charge in [-0.25, -0.2) is 19.6 Å². The van der Waals surface area contributed by atoms with Gasteiger partial charge >= 0.3 is 12.1 Å². The number of hydrogen-bond acceptors (Lipinski definition) is 8. The predicted octanol–water partition coefficient (Wildman–Crippen LogP) is 3.72. The van der Waals surface area contributed by atoms with Gasteiger partial charge in [-0.05, 0) is 63.3 Å². The van der Waals surface area contributed by atoms with Gasteiger partial charge < -0.3 is 29.7 Å². The molecule has 4 heterocycles. The van der Waals surface area contributed by atoms with Crippen LogP contribution in [0, 0.1) is 11.3 Å². The Morgan fingerprint density at radius 1 is 1.18 bits per heavy atom. The number of fused-ring (bicyclic) bond motifs is 1. The highest BCUT2D eigenvalue weighted by Gasteiger charge is 2.34. The lowest BCUT2D eigenvalue weighted by atomic mass is 9.99. The highest BCUT2D eigenvalue weighted by Crippen LogP contribution is 2.28. The molecule has 2 aromatic rings. The zero-order valence-corrected chi connectivity index (χ0v) is 23.1. The third-order valence-corrected chi connectivity index (χ3v) is 7.41. The second-order valence-corrected chi connectivity index (χ2v) is 11.4. The number of carbonyl (C=O) groups is 2. The number of piperidine rings is 1. The first-order valence-corrected chi connectivity index (χ1v) is 13.5. The third-order valence-electron chi connectivity index (χ3n) is 7.41. The van der Waals surface area contributed by atoms with Gasteiger partial charge in [0, 0.05) is 52.0 Å². The summed E-state index contributed by atoms with van der Waals surface area (Å²) >= 11 is 0. The number of benzene rings is 1. The summed E-state index contributed by atoms with van der Waals surface area (Å²) in [6.07, 6.45) is 3.97. The fourth-order valence-corrected chi connectivity index (χ4v) is 5.38. The molecule has 0 aliphatic carbocycles. The molecule has 0 radical (unpaired) electrons. The number of rotatable bonds is 4. The van der Waals surface area contributed by atoms with Crippen LogP contribution in [0.4, 0.5) is 26.9 Å². The minimum absolute atomic E-state index is 0.0766. The van der Waals surface area contributed by atoms with Crippen LogP contribution in [-0.4, -0.2) is 88.2 Å². The topological polar surface area (TPSA) is 118 Å². The number of ether oxygens (including phenoxy) is 1. The maximum absolute atomic E-state index is 12.6. The van der Waals surface area contributed by atoms with E-state index in [9.17, 15) is 14.9 Å². The van der Waals surface area contributed by atoms with E-state index in [4.69, 9.17) is 9.72 Å². The maximum Gasteiger partial charge on any atom is 0.410 e. The Balaban J connectivity index is 1.32. The number of amides is 3. The number of likely N-dealkylation sites (N-methyl/N-ethyl adjacent to an activating group) is 1. The number of aromatic nitrogens is 2. The maximum atomic E-state index is 12.6. The van der Waals surface area contributed by atoms with E-state index >= 15 is 0 Å². The molecule has 206 valence electrons. The van der Waals surface area contributed by atoms with E-state index in [1.807, 2.05) is 50.9 Å². The standard InChI is InChI=1S/C28H36N8O3/c1-28(2,3)39-27(38)35-11-9-19-7-8-21(14-20(19)17-35)31-25-23(15-29)30-16-24(32-25)34-10-5-6-22(18-34)36-13-12-33(4)26(36)37/h7-8,14,16,22H,5-6,9-13,17-18H2,1-4H3,(H,31,32)/t22-/m1/s1. The third kappa shape index (κ3) is 5.85. The highest BCUT2D eigenvalue weighted by molar-refractivity contribution is 5.76. The van der Waals surface area contributed by atoms with Gasteiger partial charge in [0.2, 0.25) is 0 Å². The van der Waals surface area contributed by atoms with Crippen molar-refractivity contribution >= 4 is 29.4 Å². The van der Waals surface area contributed by atoms with Crippen molar-refractivity contribution in [1.82, 2.24) is 24.7 Å². The molecular weight excluding hydrogens is 496 g/mol. The van der Waals surface area contributed by atoms with Crippen molar-refractivity contribution in [2.45, 2.75) is 58.2 Å². The van der Waals surface area contributed by atoms with Crippen LogP contribution >= 0.6 is 0 Å². The quantitative estimate of drug-likeness (QED) is 0.633. The number of nitriles is 1. The summed E-state index contributed by atoms with van der Waals surface area (Å²) in [4.78, 5) is 41.9. The van der Waals surface area contributed by atoms with Gasteiger partial charge in [-0.15, -0.1) is 0 Å². The van der Waals surface area contributed by atoms with Crippen molar-refractivity contribution in [2.75, 3.05) is 50.0 Å². The van der Waals surface area contributed by atoms with E-state index in [1.54, 1.807) is 16.0 Å². The van der Waals surface area contributed by atoms with Crippen molar-refractivity contribution in [3.8, 4) is 6.07 Å². The van der Waals surface area contributed by atoms with Gasteiger partial charge in [0.15, 0.2) is 11.5 Å². The van der Waals surface area contributed by atoms with Gasteiger partial charge in [-0.1, -0.05) is 6.07 Å². The molecule has 1 N–H and O–H groups in total. The first kappa shape index (κ1) is 26.5. The van der Waals surface area contributed by atoms with E-state index in [2.05, 4.69) is 21.3 Å². The van der Waals surface area contributed by atoms with Crippen LogP contribution in [0.25, 0.3) is 0 Å². The second-order valence-electron chi connectivity index (χ2n) is 11.4. The fraction of sp³-hybridized carbons (Fsp3) is 0.536. The monoisotopic (exact) mass is 532 g/mol. The average Bonchev–Trinajstić information content (AvgIpc) is 3.25.